The van der Waals surface area contributed by atoms with Crippen LogP contribution in [0.15, 0.2) is 60.8 Å². The lowest BCUT2D eigenvalue weighted by Crippen LogP contribution is -1.82. The van der Waals surface area contributed by atoms with Crippen LogP contribution in [-0.2, 0) is 0 Å². The summed E-state index contributed by atoms with van der Waals surface area (Å²) in [7, 11) is 0. The van der Waals surface area contributed by atoms with Gasteiger partial charge in [0.15, 0.2) is 0 Å². The number of hydrogen-bond donors (Lipinski definition) is 0. The van der Waals surface area contributed by atoms with Crippen molar-refractivity contribution in [3.05, 3.63) is 60.8 Å². The zero-order valence-corrected chi connectivity index (χ0v) is 9.29. The third-order valence-corrected chi connectivity index (χ3v) is 1.85. The molecular weight excluding hydrogens is 168 g/mol. The van der Waals surface area contributed by atoms with Crippen molar-refractivity contribution in [3.63, 3.8) is 0 Å². The molecule has 0 unspecified atom stereocenters. The van der Waals surface area contributed by atoms with Gasteiger partial charge in [0.1, 0.15) is 0 Å². The second-order valence-corrected chi connectivity index (χ2v) is 3.05. The van der Waals surface area contributed by atoms with Gasteiger partial charge in [0, 0.05) is 0 Å². The van der Waals surface area contributed by atoms with Crippen LogP contribution in [0.4, 0.5) is 0 Å². The van der Waals surface area contributed by atoms with Gasteiger partial charge in [-0.25, -0.2) is 0 Å². The summed E-state index contributed by atoms with van der Waals surface area (Å²) in [5.74, 6) is 0. The van der Waals surface area contributed by atoms with Crippen LogP contribution in [0.5, 0.6) is 0 Å². The van der Waals surface area contributed by atoms with Crippen LogP contribution in [0.3, 0.4) is 0 Å². The molecule has 76 valence electrons. The largest absolute Gasteiger partial charge is 0.0991 e. The third kappa shape index (κ3) is 5.36. The topological polar surface area (TPSA) is 0 Å². The highest BCUT2D eigenvalue weighted by Crippen LogP contribution is 2.14. The lowest BCUT2D eigenvalue weighted by Gasteiger charge is -2.02. The summed E-state index contributed by atoms with van der Waals surface area (Å²) < 4.78 is 0. The van der Waals surface area contributed by atoms with E-state index in [2.05, 4.69) is 32.2 Å². The van der Waals surface area contributed by atoms with E-state index in [1.54, 1.807) is 0 Å². The number of hydrogen-bond acceptors (Lipinski definition) is 0. The first-order chi connectivity index (χ1) is 6.78. The Labute approximate surface area is 88.0 Å². The molecule has 0 aliphatic heterocycles. The molecule has 0 saturated heterocycles. The Hall–Kier alpha value is -1.30. The molecule has 0 aromatic rings. The van der Waals surface area contributed by atoms with Gasteiger partial charge in [-0.3, -0.25) is 0 Å². The fourth-order valence-corrected chi connectivity index (χ4v) is 1.26. The highest BCUT2D eigenvalue weighted by atomic mass is 14.0. The maximum absolute atomic E-state index is 3.81. The summed E-state index contributed by atoms with van der Waals surface area (Å²) in [6.45, 7) is 11.7. The minimum Gasteiger partial charge on any atom is -0.0991 e. The molecule has 0 aromatic carbocycles. The predicted octanol–water partition coefficient (Wildman–Crippen LogP) is 4.59. The molecular formula is C14H20. The molecule has 0 spiro atoms. The lowest BCUT2D eigenvalue weighted by atomic mass is 10.0. The van der Waals surface area contributed by atoms with Crippen molar-refractivity contribution in [2.24, 2.45) is 0 Å². The average Bonchev–Trinajstić information content (AvgIpc) is 2.18. The zero-order valence-electron chi connectivity index (χ0n) is 9.29. The minimum absolute atomic E-state index is 0.938. The maximum Gasteiger partial charge on any atom is -0.00293 e. The molecule has 0 amide bonds. The first-order valence-corrected chi connectivity index (χ1v) is 5.04. The van der Waals surface area contributed by atoms with Gasteiger partial charge in [-0.1, -0.05) is 56.5 Å². The second kappa shape index (κ2) is 8.31. The van der Waals surface area contributed by atoms with Crippen LogP contribution in [0.25, 0.3) is 0 Å². The molecule has 0 rings (SSSR count). The molecule has 0 N–H and O–H groups in total. The Bertz CT molecular complexity index is 262. The Morgan fingerprint density at radius 3 is 2.36 bits per heavy atom. The molecule has 0 aliphatic carbocycles. The summed E-state index contributed by atoms with van der Waals surface area (Å²) in [4.78, 5) is 0. The lowest BCUT2D eigenvalue weighted by molar-refractivity contribution is 1.13. The van der Waals surface area contributed by atoms with Gasteiger partial charge >= 0.3 is 0 Å². The van der Waals surface area contributed by atoms with Gasteiger partial charge in [0.25, 0.3) is 0 Å². The molecule has 0 heterocycles. The Balaban J connectivity index is 4.57. The fourth-order valence-electron chi connectivity index (χ4n) is 1.26. The van der Waals surface area contributed by atoms with Crippen LogP contribution in [0, 0.1) is 0 Å². The summed E-state index contributed by atoms with van der Waals surface area (Å²) in [6, 6.07) is 0. The van der Waals surface area contributed by atoms with Crippen molar-refractivity contribution in [3.8, 4) is 0 Å². The molecule has 0 bridgehead atoms. The molecule has 0 saturated carbocycles. The van der Waals surface area contributed by atoms with E-state index >= 15 is 0 Å². The Morgan fingerprint density at radius 2 is 1.93 bits per heavy atom. The van der Waals surface area contributed by atoms with Gasteiger partial charge in [0.05, 0.1) is 0 Å². The molecule has 0 radical (unpaired) electrons. The maximum atomic E-state index is 3.81. The van der Waals surface area contributed by atoms with Crippen LogP contribution in [0.2, 0.25) is 0 Å². The average molecular weight is 188 g/mol. The van der Waals surface area contributed by atoms with Crippen molar-refractivity contribution < 1.29 is 0 Å². The highest BCUT2D eigenvalue weighted by molar-refractivity contribution is 5.31. The van der Waals surface area contributed by atoms with Crippen molar-refractivity contribution in [1.82, 2.24) is 0 Å². The van der Waals surface area contributed by atoms with Crippen LogP contribution in [-0.4, -0.2) is 0 Å². The zero-order chi connectivity index (χ0) is 10.8. The summed E-state index contributed by atoms with van der Waals surface area (Å²) in [5.41, 5.74) is 2.54. The van der Waals surface area contributed by atoms with Gasteiger partial charge in [-0.15, -0.1) is 0 Å². The fraction of sp³-hybridized carbons (Fsp3) is 0.286. The van der Waals surface area contributed by atoms with Crippen molar-refractivity contribution >= 4 is 0 Å². The molecule has 0 fully saturated rings. The van der Waals surface area contributed by atoms with E-state index in [-0.39, 0.29) is 0 Å². The van der Waals surface area contributed by atoms with E-state index in [1.165, 1.54) is 11.1 Å². The van der Waals surface area contributed by atoms with Crippen molar-refractivity contribution in [2.45, 2.75) is 26.7 Å². The standard InChI is InChI=1S/C14H20/c1-5-9-13(8-4)12-14(10-6-2)11-7-3/h6-11H,2,4-5,12H2,1,3H3/b11-7-,13-9+,14-10+. The molecule has 0 aliphatic rings. The molecule has 0 heteroatoms. The van der Waals surface area contributed by atoms with E-state index in [0.29, 0.717) is 0 Å². The predicted molar refractivity (Wildman–Crippen MR) is 66.3 cm³/mol. The van der Waals surface area contributed by atoms with E-state index in [4.69, 9.17) is 0 Å². The van der Waals surface area contributed by atoms with Gasteiger partial charge in [0.2, 0.25) is 0 Å². The van der Waals surface area contributed by atoms with Gasteiger partial charge < -0.3 is 0 Å². The smallest absolute Gasteiger partial charge is 0.00293 e. The molecule has 0 atom stereocenters. The first kappa shape index (κ1) is 12.7. The number of rotatable bonds is 6. The number of allylic oxidation sites excluding steroid dienone is 8. The van der Waals surface area contributed by atoms with E-state index in [9.17, 15) is 0 Å². The monoisotopic (exact) mass is 188 g/mol. The quantitative estimate of drug-likeness (QED) is 0.535. The first-order valence-electron chi connectivity index (χ1n) is 5.04. The Kier molecular flexibility index (Phi) is 7.53. The molecule has 0 nitrogen and oxygen atoms in total. The molecule has 14 heavy (non-hydrogen) atoms. The van der Waals surface area contributed by atoms with E-state index in [0.717, 1.165) is 12.8 Å². The summed E-state index contributed by atoms with van der Waals surface area (Å²) in [6.07, 6.45) is 14.1. The van der Waals surface area contributed by atoms with Crippen LogP contribution in [0.1, 0.15) is 26.7 Å². The molecule has 0 aromatic heterocycles. The summed E-state index contributed by atoms with van der Waals surface area (Å²) >= 11 is 0. The normalized spacial score (nSPS) is 13.3. The van der Waals surface area contributed by atoms with Crippen LogP contribution < -0.4 is 0 Å². The SMILES string of the molecule is C=C/C=C(\C=C/C)C/C(C=C)=C/CC. The van der Waals surface area contributed by atoms with E-state index in [1.807, 2.05) is 31.2 Å². The highest BCUT2D eigenvalue weighted by Gasteiger charge is 1.94. The minimum atomic E-state index is 0.938. The second-order valence-electron chi connectivity index (χ2n) is 3.05. The van der Waals surface area contributed by atoms with Gasteiger partial charge in [-0.2, -0.15) is 0 Å². The summed E-state index contributed by atoms with van der Waals surface area (Å²) in [5, 5.41) is 0. The Morgan fingerprint density at radius 1 is 1.21 bits per heavy atom. The van der Waals surface area contributed by atoms with Crippen molar-refractivity contribution in [2.75, 3.05) is 0 Å². The van der Waals surface area contributed by atoms with Gasteiger partial charge in [-0.05, 0) is 30.9 Å². The van der Waals surface area contributed by atoms with Crippen LogP contribution >= 0.6 is 0 Å². The van der Waals surface area contributed by atoms with E-state index < -0.39 is 0 Å². The third-order valence-electron chi connectivity index (χ3n) is 1.85. The van der Waals surface area contributed by atoms with Crippen molar-refractivity contribution in [1.29, 1.82) is 0 Å².